The molecule has 39 heavy (non-hydrogen) atoms. The molecule has 4 aromatic rings. The van der Waals surface area contributed by atoms with Crippen molar-refractivity contribution < 1.29 is 36.3 Å². The standard InChI is InChI=1S/C26H18F5N5O3/c27-16-2-1-14(9-17(16)28)34-26(38)35-19-10-18(29)23(30)22(24(19)31)25(37)20-8-13-7-15(11-32-21(13)12-33-20)36-3-5-39-6-4-36/h1-2,7-12H,3-6H2,(H2,34,35,38). The highest BCUT2D eigenvalue weighted by molar-refractivity contribution is 6.10. The van der Waals surface area contributed by atoms with Crippen molar-refractivity contribution in [2.45, 2.75) is 0 Å². The Balaban J connectivity index is 1.43. The number of hydrogen-bond donors (Lipinski definition) is 2. The highest BCUT2D eigenvalue weighted by Gasteiger charge is 2.27. The number of anilines is 3. The molecule has 2 amide bonds. The first-order chi connectivity index (χ1) is 18.7. The van der Waals surface area contributed by atoms with Crippen molar-refractivity contribution in [3.05, 3.63) is 89.1 Å². The molecule has 5 rings (SSSR count). The molecule has 0 atom stereocenters. The minimum atomic E-state index is -1.77. The van der Waals surface area contributed by atoms with E-state index in [2.05, 4.69) is 15.3 Å². The number of rotatable bonds is 5. The third-order valence-corrected chi connectivity index (χ3v) is 5.97. The van der Waals surface area contributed by atoms with Gasteiger partial charge in [-0.05, 0) is 24.3 Å². The number of urea groups is 1. The minimum absolute atomic E-state index is 0.198. The van der Waals surface area contributed by atoms with Crippen LogP contribution in [0.15, 0.2) is 48.8 Å². The molecule has 8 nitrogen and oxygen atoms in total. The lowest BCUT2D eigenvalue weighted by Gasteiger charge is -2.28. The quantitative estimate of drug-likeness (QED) is 0.208. The summed E-state index contributed by atoms with van der Waals surface area (Å²) in [7, 11) is 0. The Morgan fingerprint density at radius 1 is 0.821 bits per heavy atom. The smallest absolute Gasteiger partial charge is 0.323 e. The van der Waals surface area contributed by atoms with Gasteiger partial charge in [-0.3, -0.25) is 14.8 Å². The number of pyridine rings is 2. The molecule has 0 aliphatic carbocycles. The Hall–Kier alpha value is -4.65. The maximum Gasteiger partial charge on any atom is 0.323 e. The summed E-state index contributed by atoms with van der Waals surface area (Å²) in [6.45, 7) is 2.32. The van der Waals surface area contributed by atoms with Crippen LogP contribution in [0.4, 0.5) is 43.8 Å². The lowest BCUT2D eigenvalue weighted by Crippen LogP contribution is -2.36. The maximum atomic E-state index is 15.2. The van der Waals surface area contributed by atoms with Gasteiger partial charge in [0, 0.05) is 36.3 Å². The van der Waals surface area contributed by atoms with Crippen molar-refractivity contribution in [1.29, 1.82) is 0 Å². The molecule has 3 heterocycles. The fourth-order valence-electron chi connectivity index (χ4n) is 4.02. The van der Waals surface area contributed by atoms with Gasteiger partial charge < -0.3 is 20.3 Å². The first-order valence-corrected chi connectivity index (χ1v) is 11.5. The molecule has 2 aromatic carbocycles. The highest BCUT2D eigenvalue weighted by atomic mass is 19.2. The normalized spacial score (nSPS) is 13.4. The molecule has 13 heteroatoms. The van der Waals surface area contributed by atoms with Crippen LogP contribution in [0.2, 0.25) is 0 Å². The number of carbonyl (C=O) groups excluding carboxylic acids is 2. The molecule has 0 saturated carbocycles. The molecule has 0 bridgehead atoms. The van der Waals surface area contributed by atoms with E-state index in [0.29, 0.717) is 49.3 Å². The van der Waals surface area contributed by atoms with Crippen LogP contribution in [0, 0.1) is 29.1 Å². The van der Waals surface area contributed by atoms with Gasteiger partial charge in [-0.25, -0.2) is 26.7 Å². The molecule has 2 N–H and O–H groups in total. The topological polar surface area (TPSA) is 96.5 Å². The second kappa shape index (κ2) is 10.6. The number of nitrogens with one attached hydrogen (secondary N) is 2. The van der Waals surface area contributed by atoms with E-state index in [1.54, 1.807) is 12.3 Å². The Labute approximate surface area is 217 Å². The summed E-state index contributed by atoms with van der Waals surface area (Å²) in [4.78, 5) is 35.6. The molecule has 1 aliphatic rings. The van der Waals surface area contributed by atoms with Gasteiger partial charge in [0.1, 0.15) is 11.3 Å². The lowest BCUT2D eigenvalue weighted by atomic mass is 10.0. The van der Waals surface area contributed by atoms with Gasteiger partial charge in [0.15, 0.2) is 29.1 Å². The van der Waals surface area contributed by atoms with Crippen LogP contribution in [-0.4, -0.2) is 48.1 Å². The van der Waals surface area contributed by atoms with Gasteiger partial charge in [-0.1, -0.05) is 0 Å². The van der Waals surface area contributed by atoms with Gasteiger partial charge in [0.2, 0.25) is 5.78 Å². The van der Waals surface area contributed by atoms with E-state index >= 15 is 4.39 Å². The van der Waals surface area contributed by atoms with Gasteiger partial charge in [0.05, 0.1) is 42.5 Å². The second-order valence-electron chi connectivity index (χ2n) is 8.50. The Kier molecular flexibility index (Phi) is 7.07. The molecule has 1 saturated heterocycles. The van der Waals surface area contributed by atoms with Gasteiger partial charge >= 0.3 is 6.03 Å². The fourth-order valence-corrected chi connectivity index (χ4v) is 4.02. The zero-order chi connectivity index (χ0) is 27.7. The number of aromatic nitrogens is 2. The SMILES string of the molecule is O=C(Nc1ccc(F)c(F)c1)Nc1cc(F)c(F)c(C(=O)c2cc3cc(N4CCOCC4)cnc3cn2)c1F. The predicted octanol–water partition coefficient (Wildman–Crippen LogP) is 5.04. The van der Waals surface area contributed by atoms with E-state index < -0.39 is 52.2 Å². The van der Waals surface area contributed by atoms with Crippen molar-refractivity contribution >= 4 is 39.8 Å². The Morgan fingerprint density at radius 2 is 1.59 bits per heavy atom. The van der Waals surface area contributed by atoms with Crippen molar-refractivity contribution in [2.75, 3.05) is 41.8 Å². The van der Waals surface area contributed by atoms with Crippen molar-refractivity contribution in [2.24, 2.45) is 0 Å². The molecule has 200 valence electrons. The molecule has 0 radical (unpaired) electrons. The second-order valence-corrected chi connectivity index (χ2v) is 8.50. The minimum Gasteiger partial charge on any atom is -0.378 e. The number of ether oxygens (including phenoxy) is 1. The molecule has 0 spiro atoms. The largest absolute Gasteiger partial charge is 0.378 e. The Bertz CT molecular complexity index is 1610. The van der Waals surface area contributed by atoms with E-state index in [1.807, 2.05) is 10.2 Å². The van der Waals surface area contributed by atoms with E-state index in [-0.39, 0.29) is 11.4 Å². The molecular formula is C26H18F5N5O3. The first kappa shape index (κ1) is 26.0. The number of amides is 2. The van der Waals surface area contributed by atoms with Gasteiger partial charge in [-0.2, -0.15) is 0 Å². The van der Waals surface area contributed by atoms with Gasteiger partial charge in [0.25, 0.3) is 0 Å². The average molecular weight is 543 g/mol. The van der Waals surface area contributed by atoms with Crippen LogP contribution < -0.4 is 15.5 Å². The number of fused-ring (bicyclic) bond motifs is 1. The first-order valence-electron chi connectivity index (χ1n) is 11.5. The van der Waals surface area contributed by atoms with E-state index in [0.717, 1.165) is 17.8 Å². The number of benzene rings is 2. The van der Waals surface area contributed by atoms with Crippen LogP contribution in [0.5, 0.6) is 0 Å². The maximum absolute atomic E-state index is 15.2. The van der Waals surface area contributed by atoms with Gasteiger partial charge in [-0.15, -0.1) is 0 Å². The van der Waals surface area contributed by atoms with Crippen LogP contribution in [0.1, 0.15) is 16.1 Å². The monoisotopic (exact) mass is 543 g/mol. The summed E-state index contributed by atoms with van der Waals surface area (Å²) < 4.78 is 76.1. The number of morpholine rings is 1. The number of carbonyl (C=O) groups is 2. The molecule has 0 unspecified atom stereocenters. The van der Waals surface area contributed by atoms with Crippen LogP contribution in [0.25, 0.3) is 10.9 Å². The number of halogens is 5. The molecule has 2 aromatic heterocycles. The third-order valence-electron chi connectivity index (χ3n) is 5.97. The zero-order valence-corrected chi connectivity index (χ0v) is 19.9. The van der Waals surface area contributed by atoms with E-state index in [9.17, 15) is 27.2 Å². The lowest BCUT2D eigenvalue weighted by molar-refractivity contribution is 0.102. The average Bonchev–Trinajstić information content (AvgIpc) is 2.93. The van der Waals surface area contributed by atoms with Crippen molar-refractivity contribution in [3.63, 3.8) is 0 Å². The van der Waals surface area contributed by atoms with Crippen LogP contribution in [-0.2, 0) is 4.74 Å². The predicted molar refractivity (Wildman–Crippen MR) is 131 cm³/mol. The van der Waals surface area contributed by atoms with E-state index in [1.165, 1.54) is 12.3 Å². The summed E-state index contributed by atoms with van der Waals surface area (Å²) in [6.07, 6.45) is 2.88. The number of hydrogen-bond acceptors (Lipinski definition) is 6. The highest BCUT2D eigenvalue weighted by Crippen LogP contribution is 2.28. The summed E-state index contributed by atoms with van der Waals surface area (Å²) in [5.41, 5.74) is -1.56. The summed E-state index contributed by atoms with van der Waals surface area (Å²) in [6, 6.07) is 4.61. The molecular weight excluding hydrogens is 525 g/mol. The zero-order valence-electron chi connectivity index (χ0n) is 19.9. The van der Waals surface area contributed by atoms with E-state index in [4.69, 9.17) is 4.74 Å². The molecule has 1 fully saturated rings. The summed E-state index contributed by atoms with van der Waals surface area (Å²) in [5.74, 6) is -8.62. The third kappa shape index (κ3) is 5.34. The fraction of sp³-hybridized carbons (Fsp3) is 0.154. The van der Waals surface area contributed by atoms with Crippen molar-refractivity contribution in [1.82, 2.24) is 9.97 Å². The van der Waals surface area contributed by atoms with Crippen LogP contribution >= 0.6 is 0 Å². The van der Waals surface area contributed by atoms with Crippen molar-refractivity contribution in [3.8, 4) is 0 Å². The number of ketones is 1. The van der Waals surface area contributed by atoms with Crippen LogP contribution in [0.3, 0.4) is 0 Å². The summed E-state index contributed by atoms with van der Waals surface area (Å²) >= 11 is 0. The summed E-state index contributed by atoms with van der Waals surface area (Å²) in [5, 5.41) is 4.49. The number of nitrogens with zero attached hydrogens (tertiary/aromatic N) is 3. The Morgan fingerprint density at radius 3 is 2.33 bits per heavy atom. The molecule has 1 aliphatic heterocycles.